The maximum atomic E-state index is 10.5. The van der Waals surface area contributed by atoms with Crippen LogP contribution in [0.2, 0.25) is 0 Å². The van der Waals surface area contributed by atoms with Gasteiger partial charge >= 0.3 is 5.97 Å². The summed E-state index contributed by atoms with van der Waals surface area (Å²) < 4.78 is 0. The molecule has 116 valence electrons. The molecule has 1 heterocycles. The molecule has 1 N–H and O–H groups in total. The first kappa shape index (κ1) is 16.0. The summed E-state index contributed by atoms with van der Waals surface area (Å²) in [7, 11) is 0. The summed E-state index contributed by atoms with van der Waals surface area (Å²) in [5.74, 6) is -0.686. The summed E-state index contributed by atoms with van der Waals surface area (Å²) in [6.45, 7) is 9.87. The molecule has 0 fully saturated rings. The summed E-state index contributed by atoms with van der Waals surface area (Å²) in [4.78, 5) is 13.0. The predicted molar refractivity (Wildman–Crippen MR) is 85.6 cm³/mol. The Hall–Kier alpha value is -1.35. The van der Waals surface area contributed by atoms with E-state index < -0.39 is 5.97 Å². The van der Waals surface area contributed by atoms with Crippen LogP contribution in [0.5, 0.6) is 0 Å². The maximum absolute atomic E-state index is 10.5. The third kappa shape index (κ3) is 4.57. The molecule has 1 aromatic carbocycles. The Labute approximate surface area is 128 Å². The fraction of sp³-hybridized carbons (Fsp3) is 0.611. The number of carbonyl (C=O) groups is 1. The molecule has 3 heteroatoms. The van der Waals surface area contributed by atoms with Gasteiger partial charge in [-0.05, 0) is 47.9 Å². The molecule has 3 nitrogen and oxygen atoms in total. The number of hydrogen-bond donors (Lipinski definition) is 1. The van der Waals surface area contributed by atoms with Crippen molar-refractivity contribution in [2.45, 2.75) is 58.4 Å². The van der Waals surface area contributed by atoms with Gasteiger partial charge in [-0.15, -0.1) is 0 Å². The zero-order valence-corrected chi connectivity index (χ0v) is 13.5. The lowest BCUT2D eigenvalue weighted by Gasteiger charge is -2.30. The Kier molecular flexibility index (Phi) is 5.04. The SMILES string of the molecule is CC(C)(C)c1ccc2c(c1)CCN(CCCCC(=O)O)C2. The number of aliphatic carboxylic acids is 1. The lowest BCUT2D eigenvalue weighted by Crippen LogP contribution is -2.31. The molecule has 0 aromatic heterocycles. The van der Waals surface area contributed by atoms with E-state index in [1.165, 1.54) is 16.7 Å². The fourth-order valence-corrected chi connectivity index (χ4v) is 2.88. The highest BCUT2D eigenvalue weighted by atomic mass is 16.4. The molecule has 2 rings (SSSR count). The minimum Gasteiger partial charge on any atom is -0.481 e. The van der Waals surface area contributed by atoms with Crippen molar-refractivity contribution in [2.75, 3.05) is 13.1 Å². The first-order chi connectivity index (χ1) is 9.86. The van der Waals surface area contributed by atoms with E-state index in [4.69, 9.17) is 5.11 Å². The van der Waals surface area contributed by atoms with Gasteiger partial charge in [0.1, 0.15) is 0 Å². The third-order valence-electron chi connectivity index (χ3n) is 4.28. The van der Waals surface area contributed by atoms with Crippen LogP contribution < -0.4 is 0 Å². The summed E-state index contributed by atoms with van der Waals surface area (Å²) in [5.41, 5.74) is 4.55. The lowest BCUT2D eigenvalue weighted by molar-refractivity contribution is -0.137. The molecule has 1 aliphatic heterocycles. The van der Waals surface area contributed by atoms with Crippen LogP contribution in [0.4, 0.5) is 0 Å². The molecule has 0 aliphatic carbocycles. The number of carboxylic acid groups (broad SMARTS) is 1. The molecule has 0 saturated heterocycles. The van der Waals surface area contributed by atoms with Crippen molar-refractivity contribution in [3.8, 4) is 0 Å². The topological polar surface area (TPSA) is 40.5 Å². The van der Waals surface area contributed by atoms with E-state index in [1.807, 2.05) is 0 Å². The predicted octanol–water partition coefficient (Wildman–Crippen LogP) is 3.60. The van der Waals surface area contributed by atoms with Gasteiger partial charge in [0, 0.05) is 19.5 Å². The molecule has 0 amide bonds. The maximum Gasteiger partial charge on any atom is 0.303 e. The van der Waals surface area contributed by atoms with Crippen molar-refractivity contribution in [1.29, 1.82) is 0 Å². The van der Waals surface area contributed by atoms with Gasteiger partial charge in [0.25, 0.3) is 0 Å². The zero-order chi connectivity index (χ0) is 15.5. The normalized spacial score (nSPS) is 15.8. The second-order valence-corrected chi connectivity index (χ2v) is 7.11. The molecule has 0 atom stereocenters. The van der Waals surface area contributed by atoms with Crippen LogP contribution in [0.3, 0.4) is 0 Å². The van der Waals surface area contributed by atoms with E-state index in [0.29, 0.717) is 6.42 Å². The van der Waals surface area contributed by atoms with Crippen LogP contribution in [0.15, 0.2) is 18.2 Å². The van der Waals surface area contributed by atoms with Crippen LogP contribution >= 0.6 is 0 Å². The number of fused-ring (bicyclic) bond motifs is 1. The number of hydrogen-bond acceptors (Lipinski definition) is 2. The average molecular weight is 289 g/mol. The van der Waals surface area contributed by atoms with Crippen LogP contribution in [-0.4, -0.2) is 29.1 Å². The number of nitrogens with zero attached hydrogens (tertiary/aromatic N) is 1. The van der Waals surface area contributed by atoms with Crippen LogP contribution in [0.1, 0.15) is 56.7 Å². The van der Waals surface area contributed by atoms with E-state index in [9.17, 15) is 4.79 Å². The van der Waals surface area contributed by atoms with E-state index in [1.54, 1.807) is 0 Å². The van der Waals surface area contributed by atoms with Crippen molar-refractivity contribution in [3.63, 3.8) is 0 Å². The number of benzene rings is 1. The summed E-state index contributed by atoms with van der Waals surface area (Å²) in [6.07, 6.45) is 3.15. The van der Waals surface area contributed by atoms with Crippen LogP contribution in [0.25, 0.3) is 0 Å². The molecule has 0 bridgehead atoms. The van der Waals surface area contributed by atoms with Crippen molar-refractivity contribution >= 4 is 5.97 Å². The average Bonchev–Trinajstić information content (AvgIpc) is 2.41. The Bertz CT molecular complexity index is 502. The first-order valence-electron chi connectivity index (χ1n) is 7.93. The molecular weight excluding hydrogens is 262 g/mol. The van der Waals surface area contributed by atoms with Crippen molar-refractivity contribution in [3.05, 3.63) is 34.9 Å². The molecule has 1 aliphatic rings. The first-order valence-corrected chi connectivity index (χ1v) is 7.93. The Morgan fingerprint density at radius 1 is 1.24 bits per heavy atom. The van der Waals surface area contributed by atoms with Gasteiger partial charge in [-0.2, -0.15) is 0 Å². The Morgan fingerprint density at radius 3 is 2.67 bits per heavy atom. The second-order valence-electron chi connectivity index (χ2n) is 7.11. The minimum absolute atomic E-state index is 0.211. The van der Waals surface area contributed by atoms with E-state index in [0.717, 1.165) is 38.9 Å². The van der Waals surface area contributed by atoms with Crippen molar-refractivity contribution < 1.29 is 9.90 Å². The Morgan fingerprint density at radius 2 is 2.00 bits per heavy atom. The monoisotopic (exact) mass is 289 g/mol. The largest absolute Gasteiger partial charge is 0.481 e. The van der Waals surface area contributed by atoms with Gasteiger partial charge < -0.3 is 5.11 Å². The number of rotatable bonds is 5. The third-order valence-corrected chi connectivity index (χ3v) is 4.28. The molecular formula is C18H27NO2. The molecule has 0 unspecified atom stereocenters. The Balaban J connectivity index is 1.91. The smallest absolute Gasteiger partial charge is 0.303 e. The van der Waals surface area contributed by atoms with Gasteiger partial charge in [-0.1, -0.05) is 39.0 Å². The molecule has 0 saturated carbocycles. The summed E-state index contributed by atoms with van der Waals surface area (Å²) in [5, 5.41) is 8.66. The van der Waals surface area contributed by atoms with Gasteiger partial charge in [0.15, 0.2) is 0 Å². The van der Waals surface area contributed by atoms with Gasteiger partial charge in [-0.3, -0.25) is 9.69 Å². The second kappa shape index (κ2) is 6.61. The number of carboxylic acids is 1. The van der Waals surface area contributed by atoms with Gasteiger partial charge in [0.2, 0.25) is 0 Å². The summed E-state index contributed by atoms with van der Waals surface area (Å²) in [6, 6.07) is 6.91. The standard InChI is InChI=1S/C18H27NO2/c1-18(2,3)16-8-7-15-13-19(11-9-14(15)12-16)10-5-4-6-17(20)21/h7-8,12H,4-6,9-11,13H2,1-3H3,(H,20,21). The molecule has 0 radical (unpaired) electrons. The van der Waals surface area contributed by atoms with Crippen LogP contribution in [0, 0.1) is 0 Å². The quantitative estimate of drug-likeness (QED) is 0.842. The fourth-order valence-electron chi connectivity index (χ4n) is 2.88. The highest BCUT2D eigenvalue weighted by Gasteiger charge is 2.19. The minimum atomic E-state index is -0.686. The van der Waals surface area contributed by atoms with E-state index in [-0.39, 0.29) is 5.41 Å². The molecule has 21 heavy (non-hydrogen) atoms. The van der Waals surface area contributed by atoms with E-state index >= 15 is 0 Å². The number of unbranched alkanes of at least 4 members (excludes halogenated alkanes) is 1. The van der Waals surface area contributed by atoms with Crippen molar-refractivity contribution in [1.82, 2.24) is 4.90 Å². The van der Waals surface area contributed by atoms with Gasteiger partial charge in [-0.25, -0.2) is 0 Å². The van der Waals surface area contributed by atoms with Crippen LogP contribution in [-0.2, 0) is 23.2 Å². The van der Waals surface area contributed by atoms with Gasteiger partial charge in [0.05, 0.1) is 0 Å². The highest BCUT2D eigenvalue weighted by molar-refractivity contribution is 5.66. The van der Waals surface area contributed by atoms with E-state index in [2.05, 4.69) is 43.9 Å². The lowest BCUT2D eigenvalue weighted by atomic mass is 9.84. The zero-order valence-electron chi connectivity index (χ0n) is 13.5. The summed E-state index contributed by atoms with van der Waals surface area (Å²) >= 11 is 0. The highest BCUT2D eigenvalue weighted by Crippen LogP contribution is 2.27. The van der Waals surface area contributed by atoms with Crippen molar-refractivity contribution in [2.24, 2.45) is 0 Å². The molecule has 0 spiro atoms. The molecule has 1 aromatic rings.